The highest BCUT2D eigenvalue weighted by molar-refractivity contribution is 14.0. The van der Waals surface area contributed by atoms with Crippen molar-refractivity contribution < 1.29 is 9.59 Å². The predicted octanol–water partition coefficient (Wildman–Crippen LogP) is 2.64. The van der Waals surface area contributed by atoms with Gasteiger partial charge in [0.2, 0.25) is 11.8 Å². The van der Waals surface area contributed by atoms with Crippen molar-refractivity contribution in [1.82, 2.24) is 20.0 Å². The Morgan fingerprint density at radius 3 is 2.72 bits per heavy atom. The fourth-order valence-electron chi connectivity index (χ4n) is 3.30. The summed E-state index contributed by atoms with van der Waals surface area (Å²) in [4.78, 5) is 33.1. The van der Waals surface area contributed by atoms with Crippen LogP contribution in [0.15, 0.2) is 35.6 Å². The zero-order valence-corrected chi connectivity index (χ0v) is 21.6. The van der Waals surface area contributed by atoms with Crippen LogP contribution in [0, 0.1) is 6.92 Å². The van der Waals surface area contributed by atoms with Crippen molar-refractivity contribution in [3.63, 3.8) is 0 Å². The van der Waals surface area contributed by atoms with Gasteiger partial charge in [-0.15, -0.1) is 24.0 Å². The number of guanidine groups is 1. The number of nitrogens with one attached hydrogen (secondary N) is 2. The third-order valence-corrected chi connectivity index (χ3v) is 5.17. The number of carbonyl (C=O) groups excluding carboxylic acids is 2. The van der Waals surface area contributed by atoms with Crippen molar-refractivity contribution >= 4 is 64.7 Å². The highest BCUT2D eigenvalue weighted by Crippen LogP contribution is 2.22. The molecule has 1 aliphatic rings. The monoisotopic (exact) mass is 573 g/mol. The molecule has 0 spiro atoms. The molecule has 1 aromatic carbocycles. The van der Waals surface area contributed by atoms with E-state index in [0.29, 0.717) is 42.8 Å². The second-order valence-corrected chi connectivity index (χ2v) is 7.76. The second-order valence-electron chi connectivity index (χ2n) is 7.36. The number of halogens is 2. The molecule has 1 fully saturated rings. The normalized spacial score (nSPS) is 14.2. The summed E-state index contributed by atoms with van der Waals surface area (Å²) in [6, 6.07) is 5.49. The minimum absolute atomic E-state index is 0. The molecule has 0 atom stereocenters. The van der Waals surface area contributed by atoms with Gasteiger partial charge in [-0.05, 0) is 31.5 Å². The second kappa shape index (κ2) is 12.0. The van der Waals surface area contributed by atoms with Crippen LogP contribution in [0.2, 0.25) is 5.02 Å². The minimum Gasteiger partial charge on any atom is -0.357 e. The molecule has 1 aliphatic heterocycles. The average Bonchev–Trinajstić information content (AvgIpc) is 3.15. The molecule has 11 heteroatoms. The Kier molecular flexibility index (Phi) is 9.76. The van der Waals surface area contributed by atoms with Crippen molar-refractivity contribution in [2.75, 3.05) is 42.9 Å². The lowest BCUT2D eigenvalue weighted by atomic mass is 10.2. The zero-order valence-electron chi connectivity index (χ0n) is 18.5. The summed E-state index contributed by atoms with van der Waals surface area (Å²) in [5, 5.41) is 10.7. The maximum Gasteiger partial charge on any atom is 0.246 e. The Balaban J connectivity index is 0.00000363. The van der Waals surface area contributed by atoms with Crippen molar-refractivity contribution in [2.24, 2.45) is 12.0 Å². The fourth-order valence-corrected chi connectivity index (χ4v) is 3.58. The van der Waals surface area contributed by atoms with Crippen LogP contribution in [0.4, 0.5) is 11.4 Å². The number of piperazine rings is 1. The summed E-state index contributed by atoms with van der Waals surface area (Å²) < 4.78 is 1.68. The molecule has 0 saturated carbocycles. The molecule has 2 N–H and O–H groups in total. The smallest absolute Gasteiger partial charge is 0.246 e. The maximum atomic E-state index is 12.7. The van der Waals surface area contributed by atoms with E-state index in [9.17, 15) is 9.59 Å². The van der Waals surface area contributed by atoms with E-state index in [0.717, 1.165) is 11.3 Å². The van der Waals surface area contributed by atoms with Crippen molar-refractivity contribution in [3.05, 3.63) is 41.2 Å². The van der Waals surface area contributed by atoms with Gasteiger partial charge in [-0.3, -0.25) is 19.3 Å². The first-order valence-electron chi connectivity index (χ1n) is 10.3. The molecule has 0 unspecified atom stereocenters. The van der Waals surface area contributed by atoms with Gasteiger partial charge >= 0.3 is 0 Å². The van der Waals surface area contributed by atoms with Gasteiger partial charge in [-0.25, -0.2) is 0 Å². The van der Waals surface area contributed by atoms with Crippen LogP contribution in [-0.2, 0) is 16.6 Å². The first kappa shape index (κ1) is 25.9. The largest absolute Gasteiger partial charge is 0.357 e. The molecule has 1 aromatic heterocycles. The Labute approximate surface area is 210 Å². The zero-order chi connectivity index (χ0) is 22.4. The summed E-state index contributed by atoms with van der Waals surface area (Å²) in [6.07, 6.45) is 3.72. The third kappa shape index (κ3) is 6.83. The van der Waals surface area contributed by atoms with Crippen molar-refractivity contribution in [1.29, 1.82) is 0 Å². The van der Waals surface area contributed by atoms with E-state index in [1.807, 2.05) is 38.1 Å². The average molecular weight is 574 g/mol. The standard InChI is InChI=1S/C21H28ClN7O2.HI/c1-4-23-21(24-8-7-19(30)26-18-6-5-15(2)11-17(18)22)28-9-10-29(20(31)14-28)16-12-25-27(3)13-16;/h5-6,11-13H,4,7-10,14H2,1-3H3,(H,23,24)(H,26,30);1H. The number of rotatable bonds is 6. The number of amides is 2. The molecule has 2 amide bonds. The van der Waals surface area contributed by atoms with E-state index < -0.39 is 0 Å². The predicted molar refractivity (Wildman–Crippen MR) is 138 cm³/mol. The number of benzene rings is 1. The highest BCUT2D eigenvalue weighted by Gasteiger charge is 2.27. The van der Waals surface area contributed by atoms with Crippen LogP contribution in [-0.4, -0.2) is 65.2 Å². The van der Waals surface area contributed by atoms with Gasteiger partial charge in [0, 0.05) is 39.3 Å². The van der Waals surface area contributed by atoms with Gasteiger partial charge in [0.05, 0.1) is 29.1 Å². The van der Waals surface area contributed by atoms with Gasteiger partial charge in [-0.1, -0.05) is 17.7 Å². The van der Waals surface area contributed by atoms with Gasteiger partial charge in [0.1, 0.15) is 6.54 Å². The van der Waals surface area contributed by atoms with Gasteiger partial charge in [0.15, 0.2) is 5.96 Å². The number of nitrogens with zero attached hydrogens (tertiary/aromatic N) is 5. The Morgan fingerprint density at radius 2 is 2.09 bits per heavy atom. The molecular weight excluding hydrogens is 545 g/mol. The van der Waals surface area contributed by atoms with Gasteiger partial charge in [-0.2, -0.15) is 5.10 Å². The molecule has 9 nitrogen and oxygen atoms in total. The summed E-state index contributed by atoms with van der Waals surface area (Å²) in [7, 11) is 1.82. The summed E-state index contributed by atoms with van der Waals surface area (Å²) >= 11 is 6.17. The summed E-state index contributed by atoms with van der Waals surface area (Å²) in [5.74, 6) is 0.447. The quantitative estimate of drug-likeness (QED) is 0.315. The van der Waals surface area contributed by atoms with Crippen LogP contribution >= 0.6 is 35.6 Å². The molecule has 2 aromatic rings. The molecule has 2 heterocycles. The molecule has 0 radical (unpaired) electrons. The number of aliphatic imine (C=N–C) groups is 1. The van der Waals surface area contributed by atoms with Gasteiger partial charge in [0.25, 0.3) is 0 Å². The highest BCUT2D eigenvalue weighted by atomic mass is 127. The maximum absolute atomic E-state index is 12.7. The summed E-state index contributed by atoms with van der Waals surface area (Å²) in [5.41, 5.74) is 2.41. The number of hydrogen-bond acceptors (Lipinski definition) is 4. The van der Waals surface area contributed by atoms with Crippen molar-refractivity contribution in [2.45, 2.75) is 20.3 Å². The van der Waals surface area contributed by atoms with Crippen LogP contribution in [0.3, 0.4) is 0 Å². The van der Waals surface area contributed by atoms with E-state index >= 15 is 0 Å². The van der Waals surface area contributed by atoms with E-state index in [2.05, 4.69) is 20.7 Å². The molecule has 0 aliphatic carbocycles. The third-order valence-electron chi connectivity index (χ3n) is 4.86. The number of anilines is 2. The molecule has 0 bridgehead atoms. The molecule has 3 rings (SSSR count). The van der Waals surface area contributed by atoms with Crippen LogP contribution in [0.5, 0.6) is 0 Å². The van der Waals surface area contributed by atoms with Crippen LogP contribution < -0.4 is 15.5 Å². The lowest BCUT2D eigenvalue weighted by molar-refractivity contribution is -0.120. The van der Waals surface area contributed by atoms with E-state index in [-0.39, 0.29) is 48.8 Å². The molecule has 174 valence electrons. The van der Waals surface area contributed by atoms with E-state index in [1.165, 1.54) is 0 Å². The van der Waals surface area contributed by atoms with Crippen LogP contribution in [0.25, 0.3) is 0 Å². The topological polar surface area (TPSA) is 94.9 Å². The lowest BCUT2D eigenvalue weighted by Crippen LogP contribution is -2.55. The number of aryl methyl sites for hydroxylation is 2. The SMILES string of the molecule is CCNC(=NCCC(=O)Nc1ccc(C)cc1Cl)N1CCN(c2cnn(C)c2)C(=O)C1.I. The Hall–Kier alpha value is -2.34. The van der Waals surface area contributed by atoms with Crippen molar-refractivity contribution in [3.8, 4) is 0 Å². The first-order valence-corrected chi connectivity index (χ1v) is 10.6. The fraction of sp³-hybridized carbons (Fsp3) is 0.429. The minimum atomic E-state index is -0.164. The van der Waals surface area contributed by atoms with E-state index in [1.54, 1.807) is 27.9 Å². The molecular formula is C21H29ClIN7O2. The van der Waals surface area contributed by atoms with Gasteiger partial charge < -0.3 is 20.4 Å². The summed E-state index contributed by atoms with van der Waals surface area (Å²) in [6.45, 7) is 6.27. The first-order chi connectivity index (χ1) is 14.9. The molecule has 1 saturated heterocycles. The lowest BCUT2D eigenvalue weighted by Gasteiger charge is -2.35. The Bertz CT molecular complexity index is 979. The number of carbonyl (C=O) groups is 2. The van der Waals surface area contributed by atoms with E-state index in [4.69, 9.17) is 11.6 Å². The number of aromatic nitrogens is 2. The Morgan fingerprint density at radius 1 is 1.31 bits per heavy atom. The molecule has 32 heavy (non-hydrogen) atoms. The number of hydrogen-bond donors (Lipinski definition) is 2. The van der Waals surface area contributed by atoms with Crippen LogP contribution in [0.1, 0.15) is 18.9 Å².